The Labute approximate surface area is 109 Å². The first kappa shape index (κ1) is 12.8. The maximum Gasteiger partial charge on any atom is 0.0505 e. The van der Waals surface area contributed by atoms with Crippen molar-refractivity contribution in [1.29, 1.82) is 0 Å². The molecule has 1 atom stereocenters. The van der Waals surface area contributed by atoms with Gasteiger partial charge >= 0.3 is 0 Å². The Morgan fingerprint density at radius 1 is 1.41 bits per heavy atom. The van der Waals surface area contributed by atoms with Gasteiger partial charge in [-0.25, -0.2) is 0 Å². The summed E-state index contributed by atoms with van der Waals surface area (Å²) in [5, 5.41) is 3.63. The number of nitrogens with zero attached hydrogens (tertiary/aromatic N) is 1. The van der Waals surface area contributed by atoms with Gasteiger partial charge < -0.3 is 10.2 Å². The lowest BCUT2D eigenvalue weighted by atomic mass is 9.95. The average Bonchev–Trinajstić information content (AvgIpc) is 2.39. The molecule has 2 rings (SSSR count). The predicted molar refractivity (Wildman–Crippen MR) is 77.1 cm³/mol. The normalized spacial score (nSPS) is 25.0. The van der Waals surface area contributed by atoms with Crippen molar-refractivity contribution in [2.45, 2.75) is 30.7 Å². The van der Waals surface area contributed by atoms with Crippen molar-refractivity contribution in [3.05, 3.63) is 24.3 Å². The minimum absolute atomic E-state index is 0.254. The van der Waals surface area contributed by atoms with Gasteiger partial charge in [0.15, 0.2) is 0 Å². The van der Waals surface area contributed by atoms with Crippen LogP contribution >= 0.6 is 11.8 Å². The van der Waals surface area contributed by atoms with E-state index < -0.39 is 0 Å². The summed E-state index contributed by atoms with van der Waals surface area (Å²) in [5.74, 6) is 0. The highest BCUT2D eigenvalue weighted by Crippen LogP contribution is 2.30. The quantitative estimate of drug-likeness (QED) is 0.830. The lowest BCUT2D eigenvalue weighted by Crippen LogP contribution is -2.58. The van der Waals surface area contributed by atoms with Gasteiger partial charge in [-0.1, -0.05) is 19.1 Å². The minimum Gasteiger partial charge on any atom is -0.368 e. The molecule has 0 radical (unpaired) electrons. The third-order valence-electron chi connectivity index (χ3n) is 3.68. The van der Waals surface area contributed by atoms with Crippen LogP contribution in [0.4, 0.5) is 5.69 Å². The van der Waals surface area contributed by atoms with Crippen LogP contribution in [0.5, 0.6) is 0 Å². The lowest BCUT2D eigenvalue weighted by molar-refractivity contribution is 0.313. The van der Waals surface area contributed by atoms with E-state index in [1.807, 2.05) is 11.8 Å². The average molecular weight is 250 g/mol. The van der Waals surface area contributed by atoms with Crippen LogP contribution in [0.15, 0.2) is 29.2 Å². The number of rotatable bonds is 3. The fourth-order valence-corrected chi connectivity index (χ4v) is 3.00. The Bertz CT molecular complexity index is 380. The first-order valence-electron chi connectivity index (χ1n) is 6.31. The topological polar surface area (TPSA) is 15.3 Å². The third-order valence-corrected chi connectivity index (χ3v) is 4.46. The molecule has 1 aliphatic rings. The molecule has 0 saturated carbocycles. The van der Waals surface area contributed by atoms with Crippen LogP contribution in [0, 0.1) is 0 Å². The van der Waals surface area contributed by atoms with E-state index in [1.54, 1.807) is 0 Å². The zero-order chi connectivity index (χ0) is 12.3. The summed E-state index contributed by atoms with van der Waals surface area (Å²) in [6, 6.07) is 8.72. The molecule has 1 heterocycles. The van der Waals surface area contributed by atoms with Crippen LogP contribution in [-0.4, -0.2) is 31.4 Å². The summed E-state index contributed by atoms with van der Waals surface area (Å²) in [5.41, 5.74) is 1.64. The number of piperazine rings is 1. The van der Waals surface area contributed by atoms with E-state index in [1.165, 1.54) is 17.0 Å². The molecule has 0 aromatic heterocycles. The lowest BCUT2D eigenvalue weighted by Gasteiger charge is -2.42. The van der Waals surface area contributed by atoms with Crippen LogP contribution in [0.25, 0.3) is 0 Å². The van der Waals surface area contributed by atoms with E-state index in [9.17, 15) is 0 Å². The molecule has 0 amide bonds. The molecule has 0 spiro atoms. The molecule has 1 aromatic rings. The zero-order valence-electron chi connectivity index (χ0n) is 11.0. The Morgan fingerprint density at radius 2 is 2.18 bits per heavy atom. The number of hydrogen-bond acceptors (Lipinski definition) is 3. The summed E-state index contributed by atoms with van der Waals surface area (Å²) < 4.78 is 0. The first-order chi connectivity index (χ1) is 8.18. The van der Waals surface area contributed by atoms with Crippen molar-refractivity contribution in [1.82, 2.24) is 5.32 Å². The molecule has 1 unspecified atom stereocenters. The number of anilines is 1. The van der Waals surface area contributed by atoms with E-state index in [4.69, 9.17) is 0 Å². The maximum atomic E-state index is 3.63. The summed E-state index contributed by atoms with van der Waals surface area (Å²) in [6.45, 7) is 7.86. The van der Waals surface area contributed by atoms with E-state index in [0.29, 0.717) is 0 Å². The molecule has 1 saturated heterocycles. The number of benzene rings is 1. The summed E-state index contributed by atoms with van der Waals surface area (Å²) >= 11 is 1.83. The third kappa shape index (κ3) is 2.78. The SMILES string of the molecule is CCC1(C)CN(c2ccccc2SC)CCN1. The summed E-state index contributed by atoms with van der Waals surface area (Å²) in [6.07, 6.45) is 3.32. The molecular formula is C14H22N2S. The van der Waals surface area contributed by atoms with Gasteiger partial charge in [-0.15, -0.1) is 11.8 Å². The van der Waals surface area contributed by atoms with E-state index in [2.05, 4.69) is 54.6 Å². The molecule has 1 N–H and O–H groups in total. The minimum atomic E-state index is 0.254. The second-order valence-corrected chi connectivity index (χ2v) is 5.78. The highest BCUT2D eigenvalue weighted by molar-refractivity contribution is 7.98. The van der Waals surface area contributed by atoms with Crippen LogP contribution in [0.3, 0.4) is 0 Å². The summed E-state index contributed by atoms with van der Waals surface area (Å²) in [7, 11) is 0. The fourth-order valence-electron chi connectivity index (χ4n) is 2.38. The number of nitrogens with one attached hydrogen (secondary N) is 1. The second kappa shape index (κ2) is 5.32. The van der Waals surface area contributed by atoms with E-state index >= 15 is 0 Å². The van der Waals surface area contributed by atoms with Gasteiger partial charge in [0.25, 0.3) is 0 Å². The molecule has 1 aliphatic heterocycles. The van der Waals surface area contributed by atoms with Gasteiger partial charge in [-0.3, -0.25) is 0 Å². The number of hydrogen-bond donors (Lipinski definition) is 1. The van der Waals surface area contributed by atoms with Gasteiger partial charge in [0.2, 0.25) is 0 Å². The van der Waals surface area contributed by atoms with Crippen LogP contribution in [0.2, 0.25) is 0 Å². The molecule has 94 valence electrons. The monoisotopic (exact) mass is 250 g/mol. The second-order valence-electron chi connectivity index (χ2n) is 4.93. The van der Waals surface area contributed by atoms with Gasteiger partial charge in [0, 0.05) is 30.1 Å². The molecule has 17 heavy (non-hydrogen) atoms. The Morgan fingerprint density at radius 3 is 2.88 bits per heavy atom. The maximum absolute atomic E-state index is 3.63. The molecule has 0 bridgehead atoms. The Hall–Kier alpha value is -0.670. The van der Waals surface area contributed by atoms with Gasteiger partial charge in [0.05, 0.1) is 5.69 Å². The Kier molecular flexibility index (Phi) is 4.00. The van der Waals surface area contributed by atoms with E-state index in [0.717, 1.165) is 19.6 Å². The fraction of sp³-hybridized carbons (Fsp3) is 0.571. The highest BCUT2D eigenvalue weighted by atomic mass is 32.2. The van der Waals surface area contributed by atoms with Crippen molar-refractivity contribution in [2.24, 2.45) is 0 Å². The predicted octanol–water partition coefficient (Wildman–Crippen LogP) is 2.99. The molecule has 1 aromatic carbocycles. The standard InChI is InChI=1S/C14H22N2S/c1-4-14(2)11-16(10-9-15-14)12-7-5-6-8-13(12)17-3/h5-8,15H,4,9-11H2,1-3H3. The number of para-hydroxylation sites is 1. The van der Waals surface area contributed by atoms with E-state index in [-0.39, 0.29) is 5.54 Å². The van der Waals surface area contributed by atoms with Gasteiger partial charge in [-0.2, -0.15) is 0 Å². The van der Waals surface area contributed by atoms with Crippen molar-refractivity contribution in [3.63, 3.8) is 0 Å². The Balaban J connectivity index is 2.22. The van der Waals surface area contributed by atoms with Crippen LogP contribution in [0.1, 0.15) is 20.3 Å². The van der Waals surface area contributed by atoms with Gasteiger partial charge in [-0.05, 0) is 31.7 Å². The van der Waals surface area contributed by atoms with Crippen LogP contribution in [-0.2, 0) is 0 Å². The van der Waals surface area contributed by atoms with Gasteiger partial charge in [0.1, 0.15) is 0 Å². The molecule has 1 fully saturated rings. The number of thioether (sulfide) groups is 1. The zero-order valence-corrected chi connectivity index (χ0v) is 11.8. The smallest absolute Gasteiger partial charge is 0.0505 e. The van der Waals surface area contributed by atoms with Crippen LogP contribution < -0.4 is 10.2 Å². The molecule has 2 nitrogen and oxygen atoms in total. The van der Waals surface area contributed by atoms with Crippen molar-refractivity contribution in [3.8, 4) is 0 Å². The molecule has 0 aliphatic carbocycles. The molecule has 3 heteroatoms. The first-order valence-corrected chi connectivity index (χ1v) is 7.54. The highest BCUT2D eigenvalue weighted by Gasteiger charge is 2.29. The van der Waals surface area contributed by atoms with Crippen molar-refractivity contribution >= 4 is 17.4 Å². The summed E-state index contributed by atoms with van der Waals surface area (Å²) in [4.78, 5) is 3.90. The largest absolute Gasteiger partial charge is 0.368 e. The van der Waals surface area contributed by atoms with Crippen molar-refractivity contribution in [2.75, 3.05) is 30.8 Å². The molecular weight excluding hydrogens is 228 g/mol. The van der Waals surface area contributed by atoms with Crippen molar-refractivity contribution < 1.29 is 0 Å².